The summed E-state index contributed by atoms with van der Waals surface area (Å²) < 4.78 is 13.6. The molecule has 2 N–H and O–H groups in total. The highest BCUT2D eigenvalue weighted by Crippen LogP contribution is 2.27. The molecule has 1 aliphatic heterocycles. The van der Waals surface area contributed by atoms with Gasteiger partial charge in [0.1, 0.15) is 5.82 Å². The molecule has 4 aromatic rings. The molecular weight excluding hydrogens is 559 g/mol. The maximum Gasteiger partial charge on any atom is 0.251 e. The summed E-state index contributed by atoms with van der Waals surface area (Å²) in [6.45, 7) is 1.15. The zero-order chi connectivity index (χ0) is 31.1. The van der Waals surface area contributed by atoms with Crippen molar-refractivity contribution in [3.8, 4) is 0 Å². The first-order valence-corrected chi connectivity index (χ1v) is 14.7. The van der Waals surface area contributed by atoms with Gasteiger partial charge in [-0.1, -0.05) is 72.8 Å². The van der Waals surface area contributed by atoms with E-state index in [2.05, 4.69) is 34.9 Å². The van der Waals surface area contributed by atoms with E-state index >= 15 is 0 Å². The van der Waals surface area contributed by atoms with Crippen LogP contribution in [0.1, 0.15) is 40.2 Å². The molecule has 9 heteroatoms. The molecule has 0 aromatic heterocycles. The highest BCUT2D eigenvalue weighted by atomic mass is 19.1. The molecular formula is C35H37FN4O4. The standard InChI is InChI=1S/C35H37FN4O4/c1-39(44-2)33(41)21-32-35(43)40(23-31(24-9-5-3-6-10-24)25-11-7-4-8-12-25)18-17-30(38-32)22-37-34(42)28-14-13-27-20-29(36)16-15-26(27)19-28/h3-16,19-20,30-32,38H,17-18,21-23H2,1-2H3,(H,37,42)/t30?,32-/m0/s1. The lowest BCUT2D eigenvalue weighted by Crippen LogP contribution is -2.51. The Morgan fingerprint density at radius 3 is 2.27 bits per heavy atom. The van der Waals surface area contributed by atoms with Crippen LogP contribution in [0.25, 0.3) is 10.8 Å². The van der Waals surface area contributed by atoms with Crippen LogP contribution >= 0.6 is 0 Å². The van der Waals surface area contributed by atoms with E-state index in [1.54, 1.807) is 24.3 Å². The van der Waals surface area contributed by atoms with Gasteiger partial charge in [0.05, 0.1) is 19.6 Å². The van der Waals surface area contributed by atoms with Crippen molar-refractivity contribution < 1.29 is 23.6 Å². The van der Waals surface area contributed by atoms with Crippen molar-refractivity contribution in [2.45, 2.75) is 30.8 Å². The minimum atomic E-state index is -0.799. The number of benzene rings is 4. The van der Waals surface area contributed by atoms with Gasteiger partial charge in [0.2, 0.25) is 11.8 Å². The SMILES string of the molecule is CON(C)C(=O)C[C@@H]1NC(CNC(=O)c2ccc3cc(F)ccc3c2)CCN(CC(c2ccccc2)c2ccccc2)C1=O. The Balaban J connectivity index is 1.34. The first-order valence-electron chi connectivity index (χ1n) is 14.7. The van der Waals surface area contributed by atoms with Gasteiger partial charge in [-0.15, -0.1) is 0 Å². The smallest absolute Gasteiger partial charge is 0.251 e. The molecule has 228 valence electrons. The molecule has 1 aliphatic rings. The van der Waals surface area contributed by atoms with Crippen LogP contribution in [-0.2, 0) is 14.4 Å². The average Bonchev–Trinajstić information content (AvgIpc) is 3.20. The van der Waals surface area contributed by atoms with Gasteiger partial charge in [-0.05, 0) is 52.6 Å². The molecule has 1 unspecified atom stereocenters. The Hall–Kier alpha value is -4.60. The summed E-state index contributed by atoms with van der Waals surface area (Å²) in [6.07, 6.45) is 0.483. The zero-order valence-corrected chi connectivity index (χ0v) is 24.9. The summed E-state index contributed by atoms with van der Waals surface area (Å²) in [6, 6.07) is 28.6. The summed E-state index contributed by atoms with van der Waals surface area (Å²) in [5.74, 6) is -1.17. The molecule has 5 rings (SSSR count). The number of rotatable bonds is 10. The molecule has 2 atom stereocenters. The third-order valence-electron chi connectivity index (χ3n) is 8.18. The van der Waals surface area contributed by atoms with Crippen molar-refractivity contribution in [1.82, 2.24) is 20.6 Å². The van der Waals surface area contributed by atoms with Crippen LogP contribution in [-0.4, -0.2) is 73.6 Å². The molecule has 4 aromatic carbocycles. The lowest BCUT2D eigenvalue weighted by molar-refractivity contribution is -0.170. The van der Waals surface area contributed by atoms with Crippen molar-refractivity contribution in [2.24, 2.45) is 0 Å². The first kappa shape index (κ1) is 30.8. The molecule has 0 saturated carbocycles. The van der Waals surface area contributed by atoms with Crippen molar-refractivity contribution in [3.63, 3.8) is 0 Å². The number of fused-ring (bicyclic) bond motifs is 1. The molecule has 8 nitrogen and oxygen atoms in total. The topological polar surface area (TPSA) is 91.0 Å². The predicted molar refractivity (Wildman–Crippen MR) is 167 cm³/mol. The van der Waals surface area contributed by atoms with Gasteiger partial charge in [-0.2, -0.15) is 0 Å². The fourth-order valence-electron chi connectivity index (χ4n) is 5.65. The number of halogens is 1. The quantitative estimate of drug-likeness (QED) is 0.263. The van der Waals surface area contributed by atoms with E-state index in [1.807, 2.05) is 41.3 Å². The molecule has 0 bridgehead atoms. The monoisotopic (exact) mass is 596 g/mol. The fourth-order valence-corrected chi connectivity index (χ4v) is 5.65. The Kier molecular flexibility index (Phi) is 9.99. The van der Waals surface area contributed by atoms with Crippen LogP contribution in [0.2, 0.25) is 0 Å². The average molecular weight is 597 g/mol. The Morgan fingerprint density at radius 1 is 0.977 bits per heavy atom. The minimum absolute atomic E-state index is 0.0584. The Labute approximate surface area is 256 Å². The van der Waals surface area contributed by atoms with Crippen LogP contribution in [0, 0.1) is 5.82 Å². The normalized spacial score (nSPS) is 17.0. The molecule has 1 heterocycles. The van der Waals surface area contributed by atoms with E-state index in [9.17, 15) is 18.8 Å². The van der Waals surface area contributed by atoms with Gasteiger partial charge in [0.25, 0.3) is 5.91 Å². The summed E-state index contributed by atoms with van der Waals surface area (Å²) in [7, 11) is 2.91. The second-order valence-electron chi connectivity index (χ2n) is 11.1. The second kappa shape index (κ2) is 14.2. The highest BCUT2D eigenvalue weighted by molar-refractivity contribution is 5.98. The zero-order valence-electron chi connectivity index (χ0n) is 24.9. The van der Waals surface area contributed by atoms with Crippen LogP contribution in [0.4, 0.5) is 4.39 Å². The third-order valence-corrected chi connectivity index (χ3v) is 8.18. The summed E-state index contributed by atoms with van der Waals surface area (Å²) in [4.78, 5) is 46.8. The largest absolute Gasteiger partial charge is 0.350 e. The maximum absolute atomic E-state index is 14.0. The highest BCUT2D eigenvalue weighted by Gasteiger charge is 2.34. The number of hydrogen-bond acceptors (Lipinski definition) is 5. The lowest BCUT2D eigenvalue weighted by atomic mass is 9.90. The number of carbonyl (C=O) groups excluding carboxylic acids is 3. The molecule has 1 saturated heterocycles. The maximum atomic E-state index is 14.0. The summed E-state index contributed by atoms with van der Waals surface area (Å²) in [5, 5.41) is 8.92. The van der Waals surface area contributed by atoms with E-state index < -0.39 is 6.04 Å². The van der Waals surface area contributed by atoms with Gasteiger partial charge < -0.3 is 15.5 Å². The number of amides is 3. The number of nitrogens with zero attached hydrogens (tertiary/aromatic N) is 2. The molecule has 44 heavy (non-hydrogen) atoms. The van der Waals surface area contributed by atoms with Crippen LogP contribution in [0.15, 0.2) is 97.1 Å². The molecule has 0 spiro atoms. The Morgan fingerprint density at radius 2 is 1.61 bits per heavy atom. The molecule has 0 aliphatic carbocycles. The van der Waals surface area contributed by atoms with E-state index in [0.29, 0.717) is 30.5 Å². The van der Waals surface area contributed by atoms with Crippen molar-refractivity contribution >= 4 is 28.5 Å². The number of hydrogen-bond donors (Lipinski definition) is 2. The summed E-state index contributed by atoms with van der Waals surface area (Å²) >= 11 is 0. The van der Waals surface area contributed by atoms with E-state index in [-0.39, 0.29) is 48.5 Å². The first-order chi connectivity index (χ1) is 21.3. The number of hydroxylamine groups is 2. The van der Waals surface area contributed by atoms with E-state index in [0.717, 1.165) is 21.6 Å². The number of nitrogens with one attached hydrogen (secondary N) is 2. The van der Waals surface area contributed by atoms with Gasteiger partial charge in [-0.3, -0.25) is 19.2 Å². The number of carbonyl (C=O) groups is 3. The van der Waals surface area contributed by atoms with Crippen LogP contribution in [0.5, 0.6) is 0 Å². The minimum Gasteiger partial charge on any atom is -0.350 e. The van der Waals surface area contributed by atoms with Crippen LogP contribution < -0.4 is 10.6 Å². The lowest BCUT2D eigenvalue weighted by Gasteiger charge is -2.29. The predicted octanol–water partition coefficient (Wildman–Crippen LogP) is 4.51. The van der Waals surface area contributed by atoms with Gasteiger partial charge in [-0.25, -0.2) is 9.45 Å². The van der Waals surface area contributed by atoms with Crippen molar-refractivity contribution in [2.75, 3.05) is 33.8 Å². The van der Waals surface area contributed by atoms with Gasteiger partial charge in [0, 0.05) is 44.2 Å². The van der Waals surface area contributed by atoms with Crippen LogP contribution in [0.3, 0.4) is 0 Å². The summed E-state index contributed by atoms with van der Waals surface area (Å²) in [5.41, 5.74) is 2.65. The van der Waals surface area contributed by atoms with E-state index in [1.165, 1.54) is 26.3 Å². The van der Waals surface area contributed by atoms with Crippen molar-refractivity contribution in [3.05, 3.63) is 120 Å². The second-order valence-corrected chi connectivity index (χ2v) is 11.1. The molecule has 1 fully saturated rings. The van der Waals surface area contributed by atoms with Gasteiger partial charge >= 0.3 is 0 Å². The fraction of sp³-hybridized carbons (Fsp3) is 0.286. The van der Waals surface area contributed by atoms with E-state index in [4.69, 9.17) is 4.84 Å². The Bertz CT molecular complexity index is 1560. The molecule has 3 amide bonds. The van der Waals surface area contributed by atoms with Crippen molar-refractivity contribution in [1.29, 1.82) is 0 Å². The van der Waals surface area contributed by atoms with Gasteiger partial charge in [0.15, 0.2) is 0 Å². The molecule has 0 radical (unpaired) electrons. The third kappa shape index (κ3) is 7.48.